The molecule has 1 saturated heterocycles. The molecule has 2 fully saturated rings. The zero-order valence-corrected chi connectivity index (χ0v) is 13.2. The van der Waals surface area contributed by atoms with Gasteiger partial charge in [0, 0.05) is 25.2 Å². The Labute approximate surface area is 122 Å². The Kier molecular flexibility index (Phi) is 4.42. The summed E-state index contributed by atoms with van der Waals surface area (Å²) in [6.07, 6.45) is 3.80. The molecule has 116 valence electrons. The molecule has 1 amide bonds. The maximum atomic E-state index is 11.6. The fourth-order valence-corrected chi connectivity index (χ4v) is 3.70. The average molecular weight is 282 g/mol. The summed E-state index contributed by atoms with van der Waals surface area (Å²) in [5.74, 6) is -0.0681. The number of carbonyl (C=O) groups excluding carboxylic acids is 1. The van der Waals surface area contributed by atoms with Crippen molar-refractivity contribution in [3.05, 3.63) is 0 Å². The van der Waals surface area contributed by atoms with Crippen LogP contribution in [0.5, 0.6) is 0 Å². The topological polar surface area (TPSA) is 75.6 Å². The molecule has 1 aliphatic carbocycles. The van der Waals surface area contributed by atoms with E-state index in [2.05, 4.69) is 30.7 Å². The third-order valence-electron chi connectivity index (χ3n) is 5.52. The van der Waals surface area contributed by atoms with E-state index in [9.17, 15) is 4.79 Å². The van der Waals surface area contributed by atoms with Crippen molar-refractivity contribution in [2.45, 2.75) is 50.6 Å². The number of rotatable bonds is 4. The summed E-state index contributed by atoms with van der Waals surface area (Å²) in [5, 5.41) is 0. The minimum atomic E-state index is -0.762. The number of piperazine rings is 1. The Morgan fingerprint density at radius 2 is 2.05 bits per heavy atom. The third-order valence-corrected chi connectivity index (χ3v) is 5.52. The maximum Gasteiger partial charge on any atom is 0.237 e. The first-order valence-corrected chi connectivity index (χ1v) is 7.78. The third kappa shape index (κ3) is 3.00. The summed E-state index contributed by atoms with van der Waals surface area (Å²) >= 11 is 0. The average Bonchev–Trinajstić information content (AvgIpc) is 2.73. The van der Waals surface area contributed by atoms with Crippen molar-refractivity contribution in [3.63, 3.8) is 0 Å². The van der Waals surface area contributed by atoms with Crippen LogP contribution in [-0.4, -0.2) is 60.0 Å². The number of amides is 1. The number of hydrogen-bond acceptors (Lipinski definition) is 4. The minimum Gasteiger partial charge on any atom is -0.368 e. The van der Waals surface area contributed by atoms with Crippen molar-refractivity contribution in [3.8, 4) is 0 Å². The molecule has 20 heavy (non-hydrogen) atoms. The Bertz CT molecular complexity index is 371. The van der Waals surface area contributed by atoms with Gasteiger partial charge in [-0.25, -0.2) is 0 Å². The van der Waals surface area contributed by atoms with Crippen molar-refractivity contribution >= 4 is 5.91 Å². The molecular formula is C15H30N4O. The molecule has 5 heteroatoms. The van der Waals surface area contributed by atoms with Gasteiger partial charge in [-0.1, -0.05) is 6.42 Å². The van der Waals surface area contributed by atoms with E-state index in [-0.39, 0.29) is 17.4 Å². The first-order valence-electron chi connectivity index (χ1n) is 7.78. The highest BCUT2D eigenvalue weighted by Crippen LogP contribution is 2.36. The highest BCUT2D eigenvalue weighted by molar-refractivity contribution is 5.85. The molecule has 0 aromatic heterocycles. The maximum absolute atomic E-state index is 11.6. The first kappa shape index (κ1) is 15.7. The van der Waals surface area contributed by atoms with E-state index in [1.54, 1.807) is 0 Å². The van der Waals surface area contributed by atoms with Crippen LogP contribution in [0.25, 0.3) is 0 Å². The van der Waals surface area contributed by atoms with Crippen LogP contribution in [-0.2, 0) is 4.79 Å². The van der Waals surface area contributed by atoms with Crippen molar-refractivity contribution in [2.75, 3.05) is 33.2 Å². The zero-order chi connectivity index (χ0) is 15.0. The van der Waals surface area contributed by atoms with E-state index in [4.69, 9.17) is 11.5 Å². The molecule has 2 unspecified atom stereocenters. The number of carbonyl (C=O) groups is 1. The lowest BCUT2D eigenvalue weighted by Gasteiger charge is -2.45. The normalized spacial score (nSPS) is 35.3. The van der Waals surface area contributed by atoms with Crippen molar-refractivity contribution in [2.24, 2.45) is 17.4 Å². The van der Waals surface area contributed by atoms with E-state index < -0.39 is 5.54 Å². The van der Waals surface area contributed by atoms with Crippen LogP contribution in [0.3, 0.4) is 0 Å². The van der Waals surface area contributed by atoms with Crippen molar-refractivity contribution in [1.82, 2.24) is 9.80 Å². The van der Waals surface area contributed by atoms with Gasteiger partial charge in [0.1, 0.15) is 0 Å². The zero-order valence-electron chi connectivity index (χ0n) is 13.2. The second kappa shape index (κ2) is 5.62. The SMILES string of the molecule is CN1CCN(CCC2CCCC2(N)C(N)=O)CC1(C)C. The van der Waals surface area contributed by atoms with Gasteiger partial charge in [0.2, 0.25) is 5.91 Å². The number of likely N-dealkylation sites (N-methyl/N-ethyl adjacent to an activating group) is 1. The van der Waals surface area contributed by atoms with Crippen LogP contribution in [0.2, 0.25) is 0 Å². The molecular weight excluding hydrogens is 252 g/mol. The van der Waals surface area contributed by atoms with Gasteiger partial charge in [-0.3, -0.25) is 9.69 Å². The molecule has 2 rings (SSSR count). The molecule has 2 atom stereocenters. The molecule has 1 saturated carbocycles. The van der Waals surface area contributed by atoms with Gasteiger partial charge < -0.3 is 16.4 Å². The van der Waals surface area contributed by atoms with E-state index in [1.807, 2.05) is 0 Å². The van der Waals surface area contributed by atoms with Crippen LogP contribution in [0.15, 0.2) is 0 Å². The predicted molar refractivity (Wildman–Crippen MR) is 81.2 cm³/mol. The Balaban J connectivity index is 1.88. The number of primary amides is 1. The molecule has 2 aliphatic rings. The van der Waals surface area contributed by atoms with Crippen LogP contribution < -0.4 is 11.5 Å². The summed E-state index contributed by atoms with van der Waals surface area (Å²) in [5.41, 5.74) is 11.2. The van der Waals surface area contributed by atoms with Crippen molar-refractivity contribution < 1.29 is 4.79 Å². The summed E-state index contributed by atoms with van der Waals surface area (Å²) in [6.45, 7) is 8.86. The lowest BCUT2D eigenvalue weighted by atomic mass is 9.84. The highest BCUT2D eigenvalue weighted by atomic mass is 16.1. The van der Waals surface area contributed by atoms with Gasteiger partial charge in [-0.15, -0.1) is 0 Å². The molecule has 4 N–H and O–H groups in total. The van der Waals surface area contributed by atoms with Gasteiger partial charge in [-0.05, 0) is 52.6 Å². The molecule has 0 aromatic carbocycles. The van der Waals surface area contributed by atoms with Crippen LogP contribution in [0, 0.1) is 5.92 Å². The van der Waals surface area contributed by atoms with Gasteiger partial charge in [0.25, 0.3) is 0 Å². The molecule has 5 nitrogen and oxygen atoms in total. The molecule has 0 spiro atoms. The minimum absolute atomic E-state index is 0.220. The van der Waals surface area contributed by atoms with Gasteiger partial charge in [0.15, 0.2) is 0 Å². The summed E-state index contributed by atoms with van der Waals surface area (Å²) in [6, 6.07) is 0. The smallest absolute Gasteiger partial charge is 0.237 e. The second-order valence-corrected chi connectivity index (χ2v) is 7.29. The lowest BCUT2D eigenvalue weighted by Crippen LogP contribution is -2.58. The molecule has 0 radical (unpaired) electrons. The van der Waals surface area contributed by atoms with E-state index in [1.165, 1.54) is 0 Å². The van der Waals surface area contributed by atoms with Gasteiger partial charge in [0.05, 0.1) is 5.54 Å². The van der Waals surface area contributed by atoms with Gasteiger partial charge >= 0.3 is 0 Å². The monoisotopic (exact) mass is 282 g/mol. The molecule has 0 aromatic rings. The van der Waals surface area contributed by atoms with Crippen LogP contribution in [0.4, 0.5) is 0 Å². The van der Waals surface area contributed by atoms with E-state index in [0.29, 0.717) is 0 Å². The molecule has 1 heterocycles. The Morgan fingerprint density at radius 3 is 2.65 bits per heavy atom. The Morgan fingerprint density at radius 1 is 1.35 bits per heavy atom. The fraction of sp³-hybridized carbons (Fsp3) is 0.933. The lowest BCUT2D eigenvalue weighted by molar-refractivity contribution is -0.124. The standard InChI is InChI=1S/C15H30N4O/c1-14(2)11-19(10-9-18(14)3)8-6-12-5-4-7-15(12,17)13(16)20/h12H,4-11,17H2,1-3H3,(H2,16,20). The molecule has 0 bridgehead atoms. The largest absolute Gasteiger partial charge is 0.368 e. The van der Waals surface area contributed by atoms with Crippen molar-refractivity contribution in [1.29, 1.82) is 0 Å². The number of nitrogens with zero attached hydrogens (tertiary/aromatic N) is 2. The Hall–Kier alpha value is -0.650. The van der Waals surface area contributed by atoms with Crippen LogP contribution in [0.1, 0.15) is 39.5 Å². The second-order valence-electron chi connectivity index (χ2n) is 7.29. The van der Waals surface area contributed by atoms with E-state index in [0.717, 1.165) is 51.9 Å². The highest BCUT2D eigenvalue weighted by Gasteiger charge is 2.44. The number of hydrogen-bond donors (Lipinski definition) is 2. The summed E-state index contributed by atoms with van der Waals surface area (Å²) in [4.78, 5) is 16.5. The van der Waals surface area contributed by atoms with Crippen LogP contribution >= 0.6 is 0 Å². The predicted octanol–water partition coefficient (Wildman–Crippen LogP) is 0.385. The number of nitrogens with two attached hydrogens (primary N) is 2. The fourth-order valence-electron chi connectivity index (χ4n) is 3.70. The summed E-state index contributed by atoms with van der Waals surface area (Å²) < 4.78 is 0. The first-order chi connectivity index (χ1) is 9.25. The van der Waals surface area contributed by atoms with E-state index >= 15 is 0 Å². The quantitative estimate of drug-likeness (QED) is 0.782. The molecule has 1 aliphatic heterocycles. The summed E-state index contributed by atoms with van der Waals surface area (Å²) in [7, 11) is 2.19. The van der Waals surface area contributed by atoms with Gasteiger partial charge in [-0.2, -0.15) is 0 Å².